The first-order valence-electron chi connectivity index (χ1n) is 9.52. The normalized spacial score (nSPS) is 38.6. The molecule has 28 heavy (non-hydrogen) atoms. The van der Waals surface area contributed by atoms with Crippen LogP contribution < -0.4 is 5.32 Å². The molecule has 150 valence electrons. The number of hydrogen-bond donors (Lipinski definition) is 1. The zero-order chi connectivity index (χ0) is 19.9. The van der Waals surface area contributed by atoms with Gasteiger partial charge in [0.15, 0.2) is 0 Å². The highest BCUT2D eigenvalue weighted by atomic mass is 19.4. The number of rotatable bonds is 2. The molecule has 1 aromatic carbocycles. The number of cyclic esters (lactones) is 1. The first-order chi connectivity index (χ1) is 13.1. The lowest BCUT2D eigenvalue weighted by atomic mass is 9.68. The monoisotopic (exact) mass is 394 g/mol. The van der Waals surface area contributed by atoms with Crippen molar-refractivity contribution in [3.05, 3.63) is 35.4 Å². The summed E-state index contributed by atoms with van der Waals surface area (Å²) in [7, 11) is 0. The molecule has 2 amide bonds. The molecule has 8 heteroatoms. The number of nitrogens with zero attached hydrogens (tertiary/aromatic N) is 1. The van der Waals surface area contributed by atoms with Crippen molar-refractivity contribution in [2.45, 2.75) is 37.4 Å². The predicted molar refractivity (Wildman–Crippen MR) is 92.3 cm³/mol. The summed E-state index contributed by atoms with van der Waals surface area (Å²) in [5.74, 6) is 0.232. The summed E-state index contributed by atoms with van der Waals surface area (Å²) >= 11 is 0. The standard InChI is InChI=1S/C20H21F3N2O3/c1-18-9-25(16(26)12-6-19(7-12)10-28-17(27)24-19)8-14(18)15(18)11-3-2-4-13(5-11)20(21,22)23/h2-5,12,14-15H,6-10H2,1H3,(H,24,27)/t12?,14-,15-,18-,19?/m0/s1. The van der Waals surface area contributed by atoms with Crippen molar-refractivity contribution in [1.29, 1.82) is 0 Å². The Morgan fingerprint density at radius 3 is 2.64 bits per heavy atom. The molecule has 2 heterocycles. The van der Waals surface area contributed by atoms with Gasteiger partial charge in [-0.25, -0.2) is 4.79 Å². The molecular weight excluding hydrogens is 373 g/mol. The maximum atomic E-state index is 13.0. The highest BCUT2D eigenvalue weighted by Crippen LogP contribution is 2.68. The molecule has 2 saturated heterocycles. The lowest BCUT2D eigenvalue weighted by Crippen LogP contribution is -2.58. The van der Waals surface area contributed by atoms with Crippen molar-refractivity contribution in [2.75, 3.05) is 19.7 Å². The second-order valence-corrected chi connectivity index (χ2v) is 9.02. The van der Waals surface area contributed by atoms with Gasteiger partial charge in [-0.05, 0) is 41.7 Å². The van der Waals surface area contributed by atoms with Crippen LogP contribution in [0, 0.1) is 17.3 Å². The average molecular weight is 394 g/mol. The van der Waals surface area contributed by atoms with Gasteiger partial charge >= 0.3 is 12.3 Å². The zero-order valence-electron chi connectivity index (χ0n) is 15.4. The Kier molecular flexibility index (Phi) is 3.45. The fourth-order valence-corrected chi connectivity index (χ4v) is 5.62. The van der Waals surface area contributed by atoms with Gasteiger partial charge in [0.1, 0.15) is 6.61 Å². The van der Waals surface area contributed by atoms with Crippen LogP contribution in [0.2, 0.25) is 0 Å². The van der Waals surface area contributed by atoms with Crippen molar-refractivity contribution in [3.63, 3.8) is 0 Å². The fourth-order valence-electron chi connectivity index (χ4n) is 5.62. The summed E-state index contributed by atoms with van der Waals surface area (Å²) < 4.78 is 43.9. The van der Waals surface area contributed by atoms with E-state index in [1.54, 1.807) is 6.07 Å². The Morgan fingerprint density at radius 1 is 1.32 bits per heavy atom. The van der Waals surface area contributed by atoms with E-state index in [-0.39, 0.29) is 34.6 Å². The molecule has 2 aliphatic heterocycles. The SMILES string of the molecule is C[C@]12CN(C(=O)C3CC4(COC(=O)N4)C3)C[C@H]1[C@@H]2c1cccc(C(F)(F)F)c1. The van der Waals surface area contributed by atoms with Gasteiger partial charge in [0.2, 0.25) is 5.91 Å². The van der Waals surface area contributed by atoms with Crippen molar-refractivity contribution in [1.82, 2.24) is 10.2 Å². The highest BCUT2D eigenvalue weighted by molar-refractivity contribution is 5.82. The summed E-state index contributed by atoms with van der Waals surface area (Å²) in [6, 6.07) is 5.56. The smallest absolute Gasteiger partial charge is 0.416 e. The van der Waals surface area contributed by atoms with Gasteiger partial charge in [-0.2, -0.15) is 13.2 Å². The van der Waals surface area contributed by atoms with Crippen LogP contribution in [0.15, 0.2) is 24.3 Å². The fraction of sp³-hybridized carbons (Fsp3) is 0.600. The van der Waals surface area contributed by atoms with Crippen LogP contribution in [-0.2, 0) is 15.7 Å². The summed E-state index contributed by atoms with van der Waals surface area (Å²) in [6.45, 7) is 3.53. The maximum absolute atomic E-state index is 13.0. The molecule has 1 N–H and O–H groups in total. The number of hydrogen-bond acceptors (Lipinski definition) is 3. The molecule has 1 spiro atoms. The molecule has 4 fully saturated rings. The number of halogens is 3. The molecule has 3 atom stereocenters. The lowest BCUT2D eigenvalue weighted by molar-refractivity contribution is -0.141. The van der Waals surface area contributed by atoms with E-state index >= 15 is 0 Å². The minimum absolute atomic E-state index is 0.0640. The van der Waals surface area contributed by atoms with Gasteiger partial charge in [0.25, 0.3) is 0 Å². The summed E-state index contributed by atoms with van der Waals surface area (Å²) in [4.78, 5) is 25.9. The van der Waals surface area contributed by atoms with Crippen LogP contribution in [0.4, 0.5) is 18.0 Å². The maximum Gasteiger partial charge on any atom is 0.416 e. The molecular formula is C20H21F3N2O3. The predicted octanol–water partition coefficient (Wildman–Crippen LogP) is 3.16. The van der Waals surface area contributed by atoms with Crippen LogP contribution in [0.1, 0.15) is 36.8 Å². The molecule has 0 bridgehead atoms. The lowest BCUT2D eigenvalue weighted by Gasteiger charge is -2.43. The van der Waals surface area contributed by atoms with E-state index in [0.29, 0.717) is 38.1 Å². The van der Waals surface area contributed by atoms with Crippen molar-refractivity contribution in [2.24, 2.45) is 17.3 Å². The van der Waals surface area contributed by atoms with E-state index in [1.807, 2.05) is 4.90 Å². The first kappa shape index (κ1) is 17.8. The number of nitrogens with one attached hydrogen (secondary N) is 1. The Hall–Kier alpha value is -2.25. The number of carbonyl (C=O) groups is 2. The van der Waals surface area contributed by atoms with Crippen LogP contribution >= 0.6 is 0 Å². The molecule has 5 nitrogen and oxygen atoms in total. The van der Waals surface area contributed by atoms with Crippen LogP contribution in [0.3, 0.4) is 0 Å². The van der Waals surface area contributed by atoms with Crippen molar-refractivity contribution >= 4 is 12.0 Å². The van der Waals surface area contributed by atoms with E-state index in [4.69, 9.17) is 4.74 Å². The van der Waals surface area contributed by atoms with Gasteiger partial charge in [-0.15, -0.1) is 0 Å². The van der Waals surface area contributed by atoms with Crippen molar-refractivity contribution < 1.29 is 27.5 Å². The molecule has 2 aliphatic carbocycles. The van der Waals surface area contributed by atoms with Gasteiger partial charge in [-0.1, -0.05) is 25.1 Å². The molecule has 1 aromatic rings. The van der Waals surface area contributed by atoms with E-state index in [2.05, 4.69) is 12.2 Å². The Morgan fingerprint density at radius 2 is 2.07 bits per heavy atom. The molecule has 0 aromatic heterocycles. The van der Waals surface area contributed by atoms with Crippen LogP contribution in [-0.4, -0.2) is 42.1 Å². The Bertz CT molecular complexity index is 864. The second-order valence-electron chi connectivity index (χ2n) is 9.02. The highest BCUT2D eigenvalue weighted by Gasteiger charge is 2.67. The number of alkyl halides is 3. The van der Waals surface area contributed by atoms with Gasteiger partial charge in [-0.3, -0.25) is 4.79 Å². The Labute approximate surface area is 160 Å². The minimum Gasteiger partial charge on any atom is -0.447 e. The third kappa shape index (κ3) is 2.53. The molecule has 0 radical (unpaired) electrons. The topological polar surface area (TPSA) is 58.6 Å². The number of carbonyl (C=O) groups excluding carboxylic acids is 2. The minimum atomic E-state index is -4.34. The van der Waals surface area contributed by atoms with E-state index in [1.165, 1.54) is 12.1 Å². The van der Waals surface area contributed by atoms with Gasteiger partial charge in [0, 0.05) is 19.0 Å². The largest absolute Gasteiger partial charge is 0.447 e. The number of benzene rings is 1. The number of amides is 2. The first-order valence-corrected chi connectivity index (χ1v) is 9.52. The number of fused-ring (bicyclic) bond motifs is 1. The third-order valence-electron chi connectivity index (χ3n) is 7.15. The number of alkyl carbamates (subject to hydrolysis) is 1. The number of ether oxygens (including phenoxy) is 1. The van der Waals surface area contributed by atoms with Crippen LogP contribution in [0.25, 0.3) is 0 Å². The molecule has 5 rings (SSSR count). The summed E-state index contributed by atoms with van der Waals surface area (Å²) in [5, 5.41) is 2.79. The third-order valence-corrected chi connectivity index (χ3v) is 7.15. The zero-order valence-corrected chi connectivity index (χ0v) is 15.4. The van der Waals surface area contributed by atoms with Crippen molar-refractivity contribution in [3.8, 4) is 0 Å². The molecule has 4 aliphatic rings. The number of likely N-dealkylation sites (tertiary alicyclic amines) is 1. The molecule has 2 saturated carbocycles. The quantitative estimate of drug-likeness (QED) is 0.838. The molecule has 0 unspecified atom stereocenters. The summed E-state index contributed by atoms with van der Waals surface area (Å²) in [6.07, 6.45) is -3.59. The summed E-state index contributed by atoms with van der Waals surface area (Å²) in [5.41, 5.74) is -0.453. The van der Waals surface area contributed by atoms with Gasteiger partial charge < -0.3 is 15.0 Å². The number of piperidine rings is 1. The van der Waals surface area contributed by atoms with Crippen LogP contribution in [0.5, 0.6) is 0 Å². The van der Waals surface area contributed by atoms with E-state index < -0.39 is 17.8 Å². The average Bonchev–Trinajstić information content (AvgIpc) is 2.90. The Balaban J connectivity index is 1.23. The van der Waals surface area contributed by atoms with E-state index in [0.717, 1.165) is 6.07 Å². The van der Waals surface area contributed by atoms with Gasteiger partial charge in [0.05, 0.1) is 11.1 Å². The van der Waals surface area contributed by atoms with E-state index in [9.17, 15) is 22.8 Å². The second kappa shape index (κ2) is 5.42.